The summed E-state index contributed by atoms with van der Waals surface area (Å²) < 4.78 is 11.0. The largest absolute Gasteiger partial charge is 0.423 e. The zero-order chi connectivity index (χ0) is 25.3. The van der Waals surface area contributed by atoms with Crippen molar-refractivity contribution in [1.29, 1.82) is 0 Å². The Morgan fingerprint density at radius 1 is 0.941 bits per heavy atom. The number of carbonyl (C=O) groups is 1. The summed E-state index contributed by atoms with van der Waals surface area (Å²) >= 11 is 0. The number of ketones is 1. The summed E-state index contributed by atoms with van der Waals surface area (Å²) in [7, 11) is 6.33. The van der Waals surface area contributed by atoms with Crippen molar-refractivity contribution in [3.8, 4) is 0 Å². The minimum atomic E-state index is -0.0452. The lowest BCUT2D eigenvalue weighted by Crippen LogP contribution is -2.40. The van der Waals surface area contributed by atoms with Crippen LogP contribution in [-0.4, -0.2) is 107 Å². The molecular weight excluding hydrogens is 434 g/mol. The highest BCUT2D eigenvalue weighted by atomic mass is 16.5. The van der Waals surface area contributed by atoms with Gasteiger partial charge in [0.25, 0.3) is 0 Å². The minimum absolute atomic E-state index is 0.0452. The summed E-state index contributed by atoms with van der Waals surface area (Å²) in [6, 6.07) is 1.61. The average Bonchev–Trinajstić information content (AvgIpc) is 3.21. The lowest BCUT2D eigenvalue weighted by Gasteiger charge is -2.34. The van der Waals surface area contributed by atoms with Crippen molar-refractivity contribution < 1.29 is 19.1 Å². The molecule has 1 N–H and O–H groups in total. The van der Waals surface area contributed by atoms with Crippen LogP contribution in [0.3, 0.4) is 0 Å². The fraction of sp³-hybridized carbons (Fsp3) is 0.880. The first-order chi connectivity index (χ1) is 16.0. The molecule has 1 aromatic rings. The van der Waals surface area contributed by atoms with Crippen molar-refractivity contribution in [2.45, 2.75) is 103 Å². The molecule has 0 aromatic carbocycles. The summed E-state index contributed by atoms with van der Waals surface area (Å²) in [5.41, 5.74) is 0. The number of hydrogen-bond donors (Lipinski definition) is 1. The number of piperidine rings is 3. The second-order valence-corrected chi connectivity index (χ2v) is 10.3. The zero-order valence-electron chi connectivity index (χ0n) is 22.4. The molecule has 4 rings (SSSR count). The van der Waals surface area contributed by atoms with Gasteiger partial charge in [-0.25, -0.2) is 0 Å². The Morgan fingerprint density at radius 2 is 1.56 bits per heavy atom. The Bertz CT molecular complexity index is 730. The standard InChI is InChI=1S/C11H19N3O2.C7H15NO.C7H13NO/c1-8-6-10(4-5-14(8)3)15-7-11-13-12-9(2)16-11;2*1-6-5-7(9)3-4-8(6)2/h8,10H,4-7H2,1-3H3;6-7,9H,3-5H2,1-2H3;6H,3-5H2,1-2H3/t8-,10-;6-,7-;6-/m000/s1. The van der Waals surface area contributed by atoms with Crippen LogP contribution in [0.2, 0.25) is 0 Å². The van der Waals surface area contributed by atoms with E-state index in [1.54, 1.807) is 6.92 Å². The molecular formula is C25H47N5O4. The van der Waals surface area contributed by atoms with Crippen LogP contribution >= 0.6 is 0 Å². The summed E-state index contributed by atoms with van der Waals surface area (Å²) in [5, 5.41) is 16.9. The number of rotatable bonds is 3. The molecule has 0 unspecified atom stereocenters. The van der Waals surface area contributed by atoms with E-state index >= 15 is 0 Å². The van der Waals surface area contributed by atoms with E-state index in [2.05, 4.69) is 66.8 Å². The molecule has 0 amide bonds. The van der Waals surface area contributed by atoms with Gasteiger partial charge in [0.1, 0.15) is 12.4 Å². The molecule has 0 radical (unpaired) electrons. The first kappa shape index (κ1) is 28.8. The molecule has 3 fully saturated rings. The lowest BCUT2D eigenvalue weighted by molar-refractivity contribution is -0.122. The van der Waals surface area contributed by atoms with Gasteiger partial charge in [0.05, 0.1) is 12.2 Å². The van der Waals surface area contributed by atoms with Gasteiger partial charge >= 0.3 is 0 Å². The third-order valence-electron chi connectivity index (χ3n) is 7.37. The Hall–Kier alpha value is -1.39. The molecule has 9 nitrogen and oxygen atoms in total. The summed E-state index contributed by atoms with van der Waals surface area (Å²) in [5.74, 6) is 1.58. The van der Waals surface area contributed by atoms with Crippen LogP contribution in [-0.2, 0) is 16.1 Å². The lowest BCUT2D eigenvalue weighted by atomic mass is 10.0. The molecule has 0 saturated carbocycles. The van der Waals surface area contributed by atoms with Gasteiger partial charge in [0, 0.05) is 57.5 Å². The summed E-state index contributed by atoms with van der Waals surface area (Å²) in [6.45, 7) is 11.8. The van der Waals surface area contributed by atoms with E-state index in [0.29, 0.717) is 48.4 Å². The summed E-state index contributed by atoms with van der Waals surface area (Å²) in [6.07, 6.45) is 5.81. The van der Waals surface area contributed by atoms with Crippen LogP contribution in [0.1, 0.15) is 71.1 Å². The third-order valence-corrected chi connectivity index (χ3v) is 7.37. The van der Waals surface area contributed by atoms with E-state index in [-0.39, 0.29) is 6.10 Å². The van der Waals surface area contributed by atoms with Crippen LogP contribution in [0.4, 0.5) is 0 Å². The van der Waals surface area contributed by atoms with Gasteiger partial charge in [-0.3, -0.25) is 4.79 Å². The maximum Gasteiger partial charge on any atom is 0.242 e. The molecule has 3 saturated heterocycles. The highest BCUT2D eigenvalue weighted by Crippen LogP contribution is 2.19. The second kappa shape index (κ2) is 14.2. The molecule has 34 heavy (non-hydrogen) atoms. The number of ether oxygens (including phenoxy) is 1. The molecule has 5 atom stereocenters. The van der Waals surface area contributed by atoms with Crippen molar-refractivity contribution in [2.75, 3.05) is 40.8 Å². The number of aryl methyl sites for hydroxylation is 1. The third kappa shape index (κ3) is 10.1. The molecule has 4 heterocycles. The molecule has 9 heteroatoms. The highest BCUT2D eigenvalue weighted by molar-refractivity contribution is 5.79. The van der Waals surface area contributed by atoms with Crippen LogP contribution in [0.25, 0.3) is 0 Å². The maximum atomic E-state index is 10.8. The van der Waals surface area contributed by atoms with E-state index in [1.807, 2.05) is 0 Å². The maximum absolute atomic E-state index is 10.8. The first-order valence-electron chi connectivity index (χ1n) is 12.8. The van der Waals surface area contributed by atoms with E-state index in [4.69, 9.17) is 9.15 Å². The van der Waals surface area contributed by atoms with Gasteiger partial charge in [-0.15, -0.1) is 10.2 Å². The normalized spacial score (nSPS) is 31.3. The highest BCUT2D eigenvalue weighted by Gasteiger charge is 2.24. The smallest absolute Gasteiger partial charge is 0.242 e. The Morgan fingerprint density at radius 3 is 2.06 bits per heavy atom. The quantitative estimate of drug-likeness (QED) is 0.698. The van der Waals surface area contributed by atoms with E-state index in [9.17, 15) is 9.90 Å². The monoisotopic (exact) mass is 481 g/mol. The van der Waals surface area contributed by atoms with Crippen LogP contribution < -0.4 is 0 Å². The predicted octanol–water partition coefficient (Wildman–Crippen LogP) is 2.51. The Labute approximate surface area is 205 Å². The molecule has 1 aromatic heterocycles. The van der Waals surface area contributed by atoms with Crippen LogP contribution in [0.15, 0.2) is 4.42 Å². The predicted molar refractivity (Wildman–Crippen MR) is 133 cm³/mol. The van der Waals surface area contributed by atoms with Crippen LogP contribution in [0.5, 0.6) is 0 Å². The number of carbonyl (C=O) groups excluding carboxylic acids is 1. The number of aliphatic hydroxyl groups excluding tert-OH is 1. The second-order valence-electron chi connectivity index (χ2n) is 10.3. The molecule has 0 aliphatic carbocycles. The van der Waals surface area contributed by atoms with Crippen molar-refractivity contribution in [3.05, 3.63) is 11.8 Å². The fourth-order valence-corrected chi connectivity index (χ4v) is 4.36. The SMILES string of the molecule is C[C@H]1CC(=O)CCN1C.C[C@H]1C[C@@H](O)CCN1C.Cc1nnc(CO[C@H]2CCN(C)[C@@H](C)C2)o1. The van der Waals surface area contributed by atoms with E-state index in [1.165, 1.54) is 0 Å². The van der Waals surface area contributed by atoms with Gasteiger partial charge in [-0.05, 0) is 67.6 Å². The van der Waals surface area contributed by atoms with E-state index < -0.39 is 0 Å². The molecule has 196 valence electrons. The summed E-state index contributed by atoms with van der Waals surface area (Å²) in [4.78, 5) is 17.7. The van der Waals surface area contributed by atoms with Crippen molar-refractivity contribution in [3.63, 3.8) is 0 Å². The molecule has 0 bridgehead atoms. The Balaban J connectivity index is 0.000000194. The van der Waals surface area contributed by atoms with Gasteiger partial charge in [-0.1, -0.05) is 0 Å². The number of likely N-dealkylation sites (tertiary alicyclic amines) is 3. The number of hydrogen-bond acceptors (Lipinski definition) is 9. The van der Waals surface area contributed by atoms with Gasteiger partial charge in [-0.2, -0.15) is 0 Å². The fourth-order valence-electron chi connectivity index (χ4n) is 4.36. The van der Waals surface area contributed by atoms with Crippen molar-refractivity contribution in [1.82, 2.24) is 24.9 Å². The minimum Gasteiger partial charge on any atom is -0.423 e. The van der Waals surface area contributed by atoms with Crippen LogP contribution in [0, 0.1) is 6.92 Å². The average molecular weight is 482 g/mol. The number of Topliss-reactive ketones (excluding diaryl/α,β-unsaturated/α-hetero) is 1. The van der Waals surface area contributed by atoms with E-state index in [0.717, 1.165) is 58.2 Å². The number of aromatic nitrogens is 2. The van der Waals surface area contributed by atoms with Crippen molar-refractivity contribution in [2.24, 2.45) is 0 Å². The molecule has 0 spiro atoms. The first-order valence-corrected chi connectivity index (χ1v) is 12.8. The molecule has 3 aliphatic rings. The zero-order valence-corrected chi connectivity index (χ0v) is 22.4. The number of aliphatic hydroxyl groups is 1. The van der Waals surface area contributed by atoms with Crippen molar-refractivity contribution >= 4 is 5.78 Å². The van der Waals surface area contributed by atoms with Gasteiger partial charge < -0.3 is 29.0 Å². The van der Waals surface area contributed by atoms with Gasteiger partial charge in [0.2, 0.25) is 11.8 Å². The Kier molecular flexibility index (Phi) is 12.1. The topological polar surface area (TPSA) is 95.2 Å². The molecule has 3 aliphatic heterocycles. The number of nitrogens with zero attached hydrogens (tertiary/aromatic N) is 5. The van der Waals surface area contributed by atoms with Gasteiger partial charge in [0.15, 0.2) is 0 Å².